The van der Waals surface area contributed by atoms with Crippen molar-refractivity contribution in [3.63, 3.8) is 0 Å². The Labute approximate surface area is 180 Å². The van der Waals surface area contributed by atoms with Gasteiger partial charge in [-0.15, -0.1) is 0 Å². The topological polar surface area (TPSA) is 67.4 Å². The summed E-state index contributed by atoms with van der Waals surface area (Å²) in [7, 11) is 1.58. The van der Waals surface area contributed by atoms with Gasteiger partial charge in [0.25, 0.3) is 11.8 Å². The molecule has 2 amide bonds. The lowest BCUT2D eigenvalue weighted by molar-refractivity contribution is -0.117. The van der Waals surface area contributed by atoms with Gasteiger partial charge in [-0.2, -0.15) is 0 Å². The Bertz CT molecular complexity index is 1050. The van der Waals surface area contributed by atoms with Crippen LogP contribution in [0.1, 0.15) is 21.5 Å². The lowest BCUT2D eigenvalue weighted by Crippen LogP contribution is -2.34. The smallest absolute Gasteiger partial charge is 0.268 e. The highest BCUT2D eigenvalue weighted by atomic mass is 35.5. The lowest BCUT2D eigenvalue weighted by Gasteiger charge is -2.12. The van der Waals surface area contributed by atoms with Crippen molar-refractivity contribution in [2.75, 3.05) is 7.11 Å². The van der Waals surface area contributed by atoms with E-state index in [0.29, 0.717) is 17.3 Å². The molecule has 0 aliphatic rings. The van der Waals surface area contributed by atoms with Crippen LogP contribution in [0.4, 0.5) is 0 Å². The number of hydrogen-bond donors (Lipinski definition) is 2. The zero-order valence-electron chi connectivity index (χ0n) is 16.4. The van der Waals surface area contributed by atoms with E-state index < -0.39 is 11.8 Å². The molecule has 3 aromatic carbocycles. The second kappa shape index (κ2) is 10.3. The minimum absolute atomic E-state index is 0.112. The van der Waals surface area contributed by atoms with Crippen LogP contribution < -0.4 is 15.4 Å². The molecule has 6 heteroatoms. The monoisotopic (exact) mass is 420 g/mol. The van der Waals surface area contributed by atoms with Crippen molar-refractivity contribution >= 4 is 29.5 Å². The fourth-order valence-electron chi connectivity index (χ4n) is 2.73. The van der Waals surface area contributed by atoms with Crippen LogP contribution in [-0.2, 0) is 11.3 Å². The molecule has 3 rings (SSSR count). The van der Waals surface area contributed by atoms with E-state index in [1.54, 1.807) is 61.7 Å². The molecule has 0 aliphatic heterocycles. The zero-order valence-corrected chi connectivity index (χ0v) is 17.1. The number of rotatable bonds is 7. The first-order chi connectivity index (χ1) is 14.6. The van der Waals surface area contributed by atoms with Gasteiger partial charge < -0.3 is 15.4 Å². The summed E-state index contributed by atoms with van der Waals surface area (Å²) in [6.07, 6.45) is 1.61. The molecular weight excluding hydrogens is 400 g/mol. The molecule has 2 N–H and O–H groups in total. The number of hydrogen-bond acceptors (Lipinski definition) is 3. The van der Waals surface area contributed by atoms with Gasteiger partial charge in [0, 0.05) is 6.54 Å². The van der Waals surface area contributed by atoms with E-state index in [2.05, 4.69) is 10.6 Å². The van der Waals surface area contributed by atoms with Crippen LogP contribution in [-0.4, -0.2) is 18.9 Å². The number of amides is 2. The lowest BCUT2D eigenvalue weighted by atomic mass is 10.1. The van der Waals surface area contributed by atoms with Gasteiger partial charge in [-0.05, 0) is 41.5 Å². The average Bonchev–Trinajstić information content (AvgIpc) is 2.78. The summed E-state index contributed by atoms with van der Waals surface area (Å²) in [5, 5.41) is 5.82. The van der Waals surface area contributed by atoms with Gasteiger partial charge in [-0.1, -0.05) is 66.2 Å². The Morgan fingerprint density at radius 3 is 2.27 bits per heavy atom. The van der Waals surface area contributed by atoms with Gasteiger partial charge in [0.1, 0.15) is 11.4 Å². The van der Waals surface area contributed by atoms with Crippen molar-refractivity contribution in [1.82, 2.24) is 10.6 Å². The molecule has 0 saturated carbocycles. The van der Waals surface area contributed by atoms with Crippen LogP contribution in [0.15, 0.2) is 84.6 Å². The standard InChI is InChI=1S/C24H21ClN2O3/c1-30-19-13-11-17(12-14-19)15-22(24(29)26-16-18-7-3-2-4-8-18)27-23(28)20-9-5-6-10-21(20)25/h2-15H,16H2,1H3,(H,26,29)(H,27,28)/b22-15-. The molecule has 0 spiro atoms. The van der Waals surface area contributed by atoms with E-state index in [9.17, 15) is 9.59 Å². The highest BCUT2D eigenvalue weighted by molar-refractivity contribution is 6.34. The van der Waals surface area contributed by atoms with Gasteiger partial charge in [-0.25, -0.2) is 0 Å². The highest BCUT2D eigenvalue weighted by Crippen LogP contribution is 2.17. The highest BCUT2D eigenvalue weighted by Gasteiger charge is 2.16. The number of nitrogens with one attached hydrogen (secondary N) is 2. The zero-order chi connectivity index (χ0) is 21.3. The maximum Gasteiger partial charge on any atom is 0.268 e. The van der Waals surface area contributed by atoms with Crippen LogP contribution in [0.2, 0.25) is 5.02 Å². The van der Waals surface area contributed by atoms with Crippen LogP contribution in [0.25, 0.3) is 6.08 Å². The molecule has 3 aromatic rings. The number of halogens is 1. The summed E-state index contributed by atoms with van der Waals surface area (Å²) in [6.45, 7) is 0.335. The summed E-state index contributed by atoms with van der Waals surface area (Å²) in [6, 6.07) is 23.4. The van der Waals surface area contributed by atoms with Crippen molar-refractivity contribution in [1.29, 1.82) is 0 Å². The number of methoxy groups -OCH3 is 1. The maximum atomic E-state index is 12.8. The van der Waals surface area contributed by atoms with E-state index in [1.807, 2.05) is 30.3 Å². The summed E-state index contributed by atoms with van der Waals surface area (Å²) in [4.78, 5) is 25.6. The van der Waals surface area contributed by atoms with Crippen LogP contribution in [0, 0.1) is 0 Å². The van der Waals surface area contributed by atoms with Gasteiger partial charge >= 0.3 is 0 Å². The third-order valence-electron chi connectivity index (χ3n) is 4.33. The van der Waals surface area contributed by atoms with Crippen molar-refractivity contribution in [2.45, 2.75) is 6.54 Å². The Morgan fingerprint density at radius 2 is 1.60 bits per heavy atom. The molecule has 5 nitrogen and oxygen atoms in total. The normalized spacial score (nSPS) is 10.9. The van der Waals surface area contributed by atoms with Crippen LogP contribution in [0.3, 0.4) is 0 Å². The van der Waals surface area contributed by atoms with Crippen molar-refractivity contribution in [3.05, 3.63) is 106 Å². The Hall–Kier alpha value is -3.57. The molecule has 0 fully saturated rings. The minimum Gasteiger partial charge on any atom is -0.497 e. The van der Waals surface area contributed by atoms with E-state index in [4.69, 9.17) is 16.3 Å². The van der Waals surface area contributed by atoms with E-state index in [0.717, 1.165) is 11.1 Å². The summed E-state index contributed by atoms with van der Waals surface area (Å²) in [5.41, 5.74) is 2.09. The van der Waals surface area contributed by atoms with E-state index in [1.165, 1.54) is 0 Å². The average molecular weight is 421 g/mol. The van der Waals surface area contributed by atoms with Gasteiger partial charge in [0.2, 0.25) is 0 Å². The number of ether oxygens (including phenoxy) is 1. The number of carbonyl (C=O) groups is 2. The van der Waals surface area contributed by atoms with Crippen molar-refractivity contribution in [3.8, 4) is 5.75 Å². The van der Waals surface area contributed by atoms with Crippen molar-refractivity contribution in [2.24, 2.45) is 0 Å². The van der Waals surface area contributed by atoms with Crippen LogP contribution >= 0.6 is 11.6 Å². The quantitative estimate of drug-likeness (QED) is 0.555. The fraction of sp³-hybridized carbons (Fsp3) is 0.0833. The SMILES string of the molecule is COc1ccc(/C=C(\NC(=O)c2ccccc2Cl)C(=O)NCc2ccccc2)cc1. The maximum absolute atomic E-state index is 12.8. The number of benzene rings is 3. The first-order valence-corrected chi connectivity index (χ1v) is 9.68. The third-order valence-corrected chi connectivity index (χ3v) is 4.66. The largest absolute Gasteiger partial charge is 0.497 e. The molecule has 0 unspecified atom stereocenters. The molecule has 0 radical (unpaired) electrons. The van der Waals surface area contributed by atoms with Gasteiger partial charge in [0.15, 0.2) is 0 Å². The molecule has 0 aromatic heterocycles. The molecular formula is C24H21ClN2O3. The Kier molecular flexibility index (Phi) is 7.24. The van der Waals surface area contributed by atoms with Crippen molar-refractivity contribution < 1.29 is 14.3 Å². The van der Waals surface area contributed by atoms with Gasteiger partial charge in [-0.3, -0.25) is 9.59 Å². The van der Waals surface area contributed by atoms with E-state index in [-0.39, 0.29) is 11.3 Å². The minimum atomic E-state index is -0.463. The summed E-state index contributed by atoms with van der Waals surface area (Å²) >= 11 is 6.12. The van der Waals surface area contributed by atoms with Gasteiger partial charge in [0.05, 0.1) is 17.7 Å². The second-order valence-electron chi connectivity index (χ2n) is 6.43. The molecule has 152 valence electrons. The van der Waals surface area contributed by atoms with Crippen LogP contribution in [0.5, 0.6) is 5.75 Å². The molecule has 0 bridgehead atoms. The molecule has 0 aliphatic carbocycles. The number of carbonyl (C=O) groups excluding carboxylic acids is 2. The van der Waals surface area contributed by atoms with E-state index >= 15 is 0 Å². The Morgan fingerprint density at radius 1 is 0.933 bits per heavy atom. The summed E-state index contributed by atoms with van der Waals surface area (Å²) in [5.74, 6) is -0.173. The molecule has 0 saturated heterocycles. The Balaban J connectivity index is 1.83. The fourth-order valence-corrected chi connectivity index (χ4v) is 2.96. The molecule has 0 heterocycles. The molecule has 0 atom stereocenters. The summed E-state index contributed by atoms with van der Waals surface area (Å²) < 4.78 is 5.16. The first kappa shape index (κ1) is 21.1. The second-order valence-corrected chi connectivity index (χ2v) is 6.84. The first-order valence-electron chi connectivity index (χ1n) is 9.30. The predicted octanol–water partition coefficient (Wildman–Crippen LogP) is 4.44. The third kappa shape index (κ3) is 5.72. The molecule has 30 heavy (non-hydrogen) atoms. The predicted molar refractivity (Wildman–Crippen MR) is 118 cm³/mol.